The number of anilines is 1. The van der Waals surface area contributed by atoms with Gasteiger partial charge in [0.1, 0.15) is 0 Å². The zero-order chi connectivity index (χ0) is 16.8. The predicted molar refractivity (Wildman–Crippen MR) is 84.7 cm³/mol. The summed E-state index contributed by atoms with van der Waals surface area (Å²) in [5, 5.41) is 2.60. The maximum Gasteiger partial charge on any atom is 0.265 e. The van der Waals surface area contributed by atoms with Crippen molar-refractivity contribution in [3.8, 4) is 5.75 Å². The third kappa shape index (κ3) is 4.06. The van der Waals surface area contributed by atoms with Crippen LogP contribution in [0.1, 0.15) is 23.7 Å². The molecule has 2 rings (SSSR count). The Hall–Kier alpha value is -2.89. The van der Waals surface area contributed by atoms with Gasteiger partial charge in [0.25, 0.3) is 11.8 Å². The molecule has 0 spiro atoms. The molecule has 0 aliphatic rings. The van der Waals surface area contributed by atoms with Crippen molar-refractivity contribution in [1.29, 1.82) is 0 Å². The average molecular weight is 316 g/mol. The second-order valence-corrected chi connectivity index (χ2v) is 4.84. The molecule has 0 saturated carbocycles. The highest BCUT2D eigenvalue weighted by molar-refractivity contribution is 6.04. The maximum atomic E-state index is 13.6. The van der Waals surface area contributed by atoms with Crippen LogP contribution in [0.5, 0.6) is 5.75 Å². The largest absolute Gasteiger partial charge is 0.478 e. The molecular weight excluding hydrogens is 299 g/mol. The summed E-state index contributed by atoms with van der Waals surface area (Å²) in [6.07, 6.45) is -0.563. The number of hydrogen-bond acceptors (Lipinski definition) is 3. The highest BCUT2D eigenvalue weighted by Gasteiger charge is 2.21. The topological polar surface area (TPSA) is 81.4 Å². The molecule has 5 nitrogen and oxygen atoms in total. The fourth-order valence-electron chi connectivity index (χ4n) is 2.04. The summed E-state index contributed by atoms with van der Waals surface area (Å²) in [5.74, 6) is -1.68. The molecule has 0 heterocycles. The number of carbonyl (C=O) groups excluding carboxylic acids is 2. The van der Waals surface area contributed by atoms with Crippen molar-refractivity contribution in [3.05, 3.63) is 59.9 Å². The smallest absolute Gasteiger partial charge is 0.265 e. The van der Waals surface area contributed by atoms with Gasteiger partial charge in [-0.3, -0.25) is 9.59 Å². The summed E-state index contributed by atoms with van der Waals surface area (Å²) in [6, 6.07) is 12.2. The molecule has 0 bridgehead atoms. The number of nitrogens with one attached hydrogen (secondary N) is 1. The zero-order valence-corrected chi connectivity index (χ0v) is 12.6. The minimum Gasteiger partial charge on any atom is -0.478 e. The molecule has 2 amide bonds. The van der Waals surface area contributed by atoms with E-state index in [1.807, 2.05) is 0 Å². The first kappa shape index (κ1) is 16.5. The van der Waals surface area contributed by atoms with Crippen LogP contribution in [0, 0.1) is 5.82 Å². The Morgan fingerprint density at radius 3 is 2.48 bits per heavy atom. The van der Waals surface area contributed by atoms with E-state index in [9.17, 15) is 14.0 Å². The number of para-hydroxylation sites is 2. The molecule has 3 N–H and O–H groups in total. The molecule has 0 aliphatic heterocycles. The Labute approximate surface area is 133 Å². The fourth-order valence-corrected chi connectivity index (χ4v) is 2.04. The first-order chi connectivity index (χ1) is 11.0. The number of halogens is 1. The molecule has 2 aromatic carbocycles. The van der Waals surface area contributed by atoms with E-state index in [0.29, 0.717) is 12.1 Å². The normalized spacial score (nSPS) is 11.6. The standard InChI is InChI=1S/C17H17FN2O3/c1-2-14(23-15-10-6-4-8-12(15)18)17(22)20-13-9-5-3-7-11(13)16(19)21/h3-10,14H,2H2,1H3,(H2,19,21)(H,20,22)/t14-/m1/s1. The Bertz CT molecular complexity index is 718. The number of nitrogens with two attached hydrogens (primary N) is 1. The summed E-state index contributed by atoms with van der Waals surface area (Å²) in [6.45, 7) is 1.74. The quantitative estimate of drug-likeness (QED) is 0.859. The highest BCUT2D eigenvalue weighted by Crippen LogP contribution is 2.20. The summed E-state index contributed by atoms with van der Waals surface area (Å²) in [7, 11) is 0. The van der Waals surface area contributed by atoms with Crippen molar-refractivity contribution in [2.75, 3.05) is 5.32 Å². The van der Waals surface area contributed by atoms with E-state index in [0.717, 1.165) is 0 Å². The number of amides is 2. The van der Waals surface area contributed by atoms with Gasteiger partial charge in [-0.1, -0.05) is 31.2 Å². The molecule has 0 aliphatic carbocycles. The van der Waals surface area contributed by atoms with Crippen LogP contribution in [0.25, 0.3) is 0 Å². The molecule has 0 saturated heterocycles. The maximum absolute atomic E-state index is 13.6. The monoisotopic (exact) mass is 316 g/mol. The van der Waals surface area contributed by atoms with Crippen LogP contribution >= 0.6 is 0 Å². The van der Waals surface area contributed by atoms with E-state index >= 15 is 0 Å². The van der Waals surface area contributed by atoms with Crippen molar-refractivity contribution in [3.63, 3.8) is 0 Å². The Balaban J connectivity index is 2.15. The summed E-state index contributed by atoms with van der Waals surface area (Å²) >= 11 is 0. The lowest BCUT2D eigenvalue weighted by Gasteiger charge is -2.18. The lowest BCUT2D eigenvalue weighted by atomic mass is 10.1. The van der Waals surface area contributed by atoms with Crippen LogP contribution in [0.4, 0.5) is 10.1 Å². The second-order valence-electron chi connectivity index (χ2n) is 4.84. The molecule has 120 valence electrons. The van der Waals surface area contributed by atoms with E-state index in [4.69, 9.17) is 10.5 Å². The van der Waals surface area contributed by atoms with Gasteiger partial charge < -0.3 is 15.8 Å². The molecule has 23 heavy (non-hydrogen) atoms. The number of rotatable bonds is 6. The minimum absolute atomic E-state index is 0.00214. The van der Waals surface area contributed by atoms with Gasteiger partial charge >= 0.3 is 0 Å². The number of hydrogen-bond donors (Lipinski definition) is 2. The van der Waals surface area contributed by atoms with E-state index in [1.165, 1.54) is 24.3 Å². The lowest BCUT2D eigenvalue weighted by molar-refractivity contribution is -0.122. The fraction of sp³-hybridized carbons (Fsp3) is 0.176. The van der Waals surface area contributed by atoms with Gasteiger partial charge in [-0.25, -0.2) is 4.39 Å². The van der Waals surface area contributed by atoms with Gasteiger partial charge in [-0.05, 0) is 30.7 Å². The van der Waals surface area contributed by atoms with E-state index < -0.39 is 23.7 Å². The number of carbonyl (C=O) groups is 2. The van der Waals surface area contributed by atoms with Crippen LogP contribution in [0.3, 0.4) is 0 Å². The molecule has 1 atom stereocenters. The zero-order valence-electron chi connectivity index (χ0n) is 12.6. The first-order valence-electron chi connectivity index (χ1n) is 7.13. The average Bonchev–Trinajstić information content (AvgIpc) is 2.54. The van der Waals surface area contributed by atoms with Gasteiger partial charge in [0.15, 0.2) is 17.7 Å². The number of primary amides is 1. The highest BCUT2D eigenvalue weighted by atomic mass is 19.1. The molecular formula is C17H17FN2O3. The van der Waals surface area contributed by atoms with Crippen LogP contribution in [0.2, 0.25) is 0 Å². The van der Waals surface area contributed by atoms with Gasteiger partial charge in [-0.15, -0.1) is 0 Å². The Morgan fingerprint density at radius 1 is 1.17 bits per heavy atom. The van der Waals surface area contributed by atoms with Crippen molar-refractivity contribution in [2.24, 2.45) is 5.73 Å². The minimum atomic E-state index is -0.896. The van der Waals surface area contributed by atoms with Gasteiger partial charge in [-0.2, -0.15) is 0 Å². The molecule has 2 aromatic rings. The van der Waals surface area contributed by atoms with Gasteiger partial charge in [0, 0.05) is 0 Å². The lowest BCUT2D eigenvalue weighted by Crippen LogP contribution is -2.33. The van der Waals surface area contributed by atoms with Gasteiger partial charge in [0.05, 0.1) is 11.3 Å². The van der Waals surface area contributed by atoms with E-state index in [1.54, 1.807) is 31.2 Å². The summed E-state index contributed by atoms with van der Waals surface area (Å²) in [4.78, 5) is 23.7. The predicted octanol–water partition coefficient (Wildman–Crippen LogP) is 2.72. The molecule has 0 fully saturated rings. The van der Waals surface area contributed by atoms with Crippen LogP contribution in [-0.4, -0.2) is 17.9 Å². The molecule has 0 radical (unpaired) electrons. The van der Waals surface area contributed by atoms with E-state index in [-0.39, 0.29) is 11.3 Å². The molecule has 0 aromatic heterocycles. The Morgan fingerprint density at radius 2 is 1.83 bits per heavy atom. The van der Waals surface area contributed by atoms with Crippen molar-refractivity contribution in [1.82, 2.24) is 0 Å². The number of benzene rings is 2. The molecule has 0 unspecified atom stereocenters. The van der Waals surface area contributed by atoms with Crippen molar-refractivity contribution < 1.29 is 18.7 Å². The van der Waals surface area contributed by atoms with Crippen LogP contribution in [0.15, 0.2) is 48.5 Å². The van der Waals surface area contributed by atoms with Crippen LogP contribution < -0.4 is 15.8 Å². The van der Waals surface area contributed by atoms with Crippen molar-refractivity contribution >= 4 is 17.5 Å². The van der Waals surface area contributed by atoms with Crippen molar-refractivity contribution in [2.45, 2.75) is 19.4 Å². The van der Waals surface area contributed by atoms with Gasteiger partial charge in [0.2, 0.25) is 0 Å². The number of ether oxygens (including phenoxy) is 1. The second kappa shape index (κ2) is 7.40. The molecule has 6 heteroatoms. The summed E-state index contributed by atoms with van der Waals surface area (Å²) in [5.41, 5.74) is 5.76. The van der Waals surface area contributed by atoms with E-state index in [2.05, 4.69) is 5.32 Å². The first-order valence-corrected chi connectivity index (χ1v) is 7.13. The Kier molecular flexibility index (Phi) is 5.30. The SMILES string of the molecule is CC[C@@H](Oc1ccccc1F)C(=O)Nc1ccccc1C(N)=O. The summed E-state index contributed by atoms with van der Waals surface area (Å²) < 4.78 is 19.1. The van der Waals surface area contributed by atoms with Crippen LogP contribution in [-0.2, 0) is 4.79 Å². The third-order valence-electron chi connectivity index (χ3n) is 3.22. The third-order valence-corrected chi connectivity index (χ3v) is 3.22.